The van der Waals surface area contributed by atoms with E-state index in [9.17, 15) is 0 Å². The van der Waals surface area contributed by atoms with Crippen LogP contribution in [0.2, 0.25) is 0 Å². The van der Waals surface area contributed by atoms with Crippen LogP contribution in [-0.2, 0) is 6.54 Å². The molecule has 0 unspecified atom stereocenters. The Morgan fingerprint density at radius 1 is 1.27 bits per heavy atom. The van der Waals surface area contributed by atoms with Crippen LogP contribution in [0.15, 0.2) is 24.3 Å². The summed E-state index contributed by atoms with van der Waals surface area (Å²) in [5, 5.41) is 3.38. The number of benzene rings is 1. The first-order valence-corrected chi connectivity index (χ1v) is 4.99. The second-order valence-electron chi connectivity index (χ2n) is 4.79. The van der Waals surface area contributed by atoms with E-state index in [4.69, 9.17) is 5.73 Å². The van der Waals surface area contributed by atoms with Crippen LogP contribution in [0.4, 0.5) is 5.69 Å². The van der Waals surface area contributed by atoms with Gasteiger partial charge in [0, 0.05) is 56.3 Å². The van der Waals surface area contributed by atoms with E-state index in [0.717, 1.165) is 17.8 Å². The Balaban J connectivity index is 0.00000196. The summed E-state index contributed by atoms with van der Waals surface area (Å²) in [6.45, 7) is 7.91. The molecule has 0 aromatic heterocycles. The average Bonchev–Trinajstić information content (AvgIpc) is 2.14. The van der Waals surface area contributed by atoms with Gasteiger partial charge in [0.15, 0.2) is 0 Å². The second-order valence-corrected chi connectivity index (χ2v) is 4.79. The zero-order chi connectivity index (χ0) is 10.6. The van der Waals surface area contributed by atoms with Gasteiger partial charge in [0.25, 0.3) is 0 Å². The molecule has 1 rings (SSSR count). The average molecular weight is 418 g/mol. The molecule has 1 aromatic carbocycles. The smallest absolute Gasteiger partial charge is 0.0342 e. The van der Waals surface area contributed by atoms with Crippen molar-refractivity contribution >= 4 is 5.69 Å². The van der Waals surface area contributed by atoms with Gasteiger partial charge in [-0.3, -0.25) is 0 Å². The third-order valence-corrected chi connectivity index (χ3v) is 1.95. The second kappa shape index (κ2) is 6.89. The topological polar surface area (TPSA) is 35.8 Å². The van der Waals surface area contributed by atoms with E-state index in [1.165, 1.54) is 0 Å². The fourth-order valence-corrected chi connectivity index (χ4v) is 1.16. The van der Waals surface area contributed by atoms with Gasteiger partial charge in [0.05, 0.1) is 0 Å². The van der Waals surface area contributed by atoms with Gasteiger partial charge in [-0.05, 0) is 17.5 Å². The molecule has 2 N–H and O–H groups in total. The summed E-state index contributed by atoms with van der Waals surface area (Å²) in [4.78, 5) is 0. The van der Waals surface area contributed by atoms with Gasteiger partial charge in [0.1, 0.15) is 0 Å². The molecule has 1 aromatic rings. The number of rotatable bonds is 3. The van der Waals surface area contributed by atoms with Crippen LogP contribution in [0.5, 0.6) is 0 Å². The monoisotopic (exact) mass is 418 g/mol. The molecule has 0 atom stereocenters. The summed E-state index contributed by atoms with van der Waals surface area (Å²) in [5.74, 6) is 0. The van der Waals surface area contributed by atoms with E-state index in [1.54, 1.807) is 0 Å². The first kappa shape index (κ1) is 15.4. The van der Waals surface area contributed by atoms with Crippen molar-refractivity contribution in [2.75, 3.05) is 11.9 Å². The molecule has 0 saturated heterocycles. The zero-order valence-corrected chi connectivity index (χ0v) is 14.5. The molecule has 0 aliphatic carbocycles. The van der Waals surface area contributed by atoms with Crippen LogP contribution in [0.3, 0.4) is 0 Å². The molecule has 81 valence electrons. The van der Waals surface area contributed by atoms with Crippen molar-refractivity contribution in [2.45, 2.75) is 27.3 Å². The largest absolute Gasteiger partial charge is 0.674 e. The van der Waals surface area contributed by atoms with Crippen molar-refractivity contribution in [3.05, 3.63) is 35.6 Å². The van der Waals surface area contributed by atoms with E-state index in [1.807, 2.05) is 24.3 Å². The molecular formula is C12H19AcN2-. The van der Waals surface area contributed by atoms with Gasteiger partial charge in [-0.15, -0.1) is 6.54 Å². The van der Waals surface area contributed by atoms with Gasteiger partial charge >= 0.3 is 0 Å². The maximum Gasteiger partial charge on any atom is 0.0342 e. The van der Waals surface area contributed by atoms with Crippen molar-refractivity contribution in [2.24, 2.45) is 5.41 Å². The van der Waals surface area contributed by atoms with Gasteiger partial charge in [-0.1, -0.05) is 38.5 Å². The zero-order valence-electron chi connectivity index (χ0n) is 9.80. The maximum atomic E-state index is 7.27. The van der Waals surface area contributed by atoms with Gasteiger partial charge in [0.2, 0.25) is 0 Å². The van der Waals surface area contributed by atoms with Crippen LogP contribution in [0.25, 0.3) is 5.73 Å². The van der Waals surface area contributed by atoms with Gasteiger partial charge in [-0.2, -0.15) is 0 Å². The standard InChI is InChI=1S/C12H19N2.Ac/c1-12(2,3)9-14-11-6-4-5-10(7-11)8-13;/h4-7,13-14H,8-9H2,1-3H3;/q-1;. The molecule has 0 aliphatic rings. The number of anilines is 1. The molecule has 2 nitrogen and oxygen atoms in total. The van der Waals surface area contributed by atoms with E-state index in [2.05, 4.69) is 26.1 Å². The van der Waals surface area contributed by atoms with Crippen LogP contribution in [0.1, 0.15) is 26.3 Å². The summed E-state index contributed by atoms with van der Waals surface area (Å²) in [6, 6.07) is 8.06. The summed E-state index contributed by atoms with van der Waals surface area (Å²) in [6.07, 6.45) is 0. The van der Waals surface area contributed by atoms with E-state index in [0.29, 0.717) is 6.54 Å². The molecule has 15 heavy (non-hydrogen) atoms. The Hall–Kier alpha value is 0.422. The molecule has 0 heterocycles. The normalized spacial score (nSPS) is 10.7. The quantitative estimate of drug-likeness (QED) is 0.799. The fourth-order valence-electron chi connectivity index (χ4n) is 1.16. The van der Waals surface area contributed by atoms with Crippen molar-refractivity contribution in [1.29, 1.82) is 0 Å². The molecule has 0 fully saturated rings. The Kier molecular flexibility index (Phi) is 7.08. The first-order chi connectivity index (χ1) is 6.51. The molecule has 0 bridgehead atoms. The van der Waals surface area contributed by atoms with Crippen LogP contribution < -0.4 is 5.32 Å². The van der Waals surface area contributed by atoms with Crippen molar-refractivity contribution in [1.82, 2.24) is 0 Å². The van der Waals surface area contributed by atoms with E-state index < -0.39 is 0 Å². The fraction of sp³-hybridized carbons (Fsp3) is 0.500. The molecule has 0 spiro atoms. The van der Waals surface area contributed by atoms with Gasteiger partial charge in [-0.25, -0.2) is 0 Å². The van der Waals surface area contributed by atoms with Crippen LogP contribution >= 0.6 is 0 Å². The Labute approximate surface area is 129 Å². The minimum absolute atomic E-state index is 0. The Morgan fingerprint density at radius 2 is 1.93 bits per heavy atom. The maximum absolute atomic E-state index is 7.27. The molecule has 3 heteroatoms. The Morgan fingerprint density at radius 3 is 2.47 bits per heavy atom. The molecule has 0 amide bonds. The first-order valence-electron chi connectivity index (χ1n) is 4.99. The Bertz CT molecular complexity index is 292. The van der Waals surface area contributed by atoms with E-state index >= 15 is 0 Å². The summed E-state index contributed by atoms with van der Waals surface area (Å²) < 4.78 is 0. The third-order valence-electron chi connectivity index (χ3n) is 1.95. The van der Waals surface area contributed by atoms with Crippen molar-refractivity contribution in [3.63, 3.8) is 0 Å². The summed E-state index contributed by atoms with van der Waals surface area (Å²) in [5.41, 5.74) is 9.73. The third kappa shape index (κ3) is 6.56. The van der Waals surface area contributed by atoms with Crippen molar-refractivity contribution in [3.8, 4) is 0 Å². The van der Waals surface area contributed by atoms with Crippen molar-refractivity contribution < 1.29 is 44.1 Å². The molecule has 0 saturated carbocycles. The van der Waals surface area contributed by atoms with Gasteiger partial charge < -0.3 is 11.1 Å². The number of hydrogen-bond acceptors (Lipinski definition) is 1. The summed E-state index contributed by atoms with van der Waals surface area (Å²) in [7, 11) is 0. The number of hydrogen-bond donors (Lipinski definition) is 1. The minimum Gasteiger partial charge on any atom is -0.674 e. The predicted molar refractivity (Wildman–Crippen MR) is 62.4 cm³/mol. The predicted octanol–water partition coefficient (Wildman–Crippen LogP) is 3.70. The minimum atomic E-state index is 0. The molecule has 1 radical (unpaired) electrons. The van der Waals surface area contributed by atoms with Crippen LogP contribution in [0, 0.1) is 49.5 Å². The van der Waals surface area contributed by atoms with E-state index in [-0.39, 0.29) is 49.5 Å². The van der Waals surface area contributed by atoms with Crippen LogP contribution in [-0.4, -0.2) is 6.54 Å². The molecule has 0 aliphatic heterocycles. The SMILES string of the molecule is CC(C)(C)CNc1cccc(C[NH-])c1.[Ac]. The molecular weight excluding hydrogens is 399 g/mol. The summed E-state index contributed by atoms with van der Waals surface area (Å²) >= 11 is 0. The number of nitrogens with one attached hydrogen (secondary N) is 2.